The Labute approximate surface area is 134 Å². The zero-order valence-electron chi connectivity index (χ0n) is 11.1. The van der Waals surface area contributed by atoms with Crippen molar-refractivity contribution >= 4 is 33.6 Å². The van der Waals surface area contributed by atoms with Crippen LogP contribution in [0.4, 0.5) is 0 Å². The number of hydrogen-bond donors (Lipinski definition) is 0. The molecule has 0 atom stereocenters. The van der Waals surface area contributed by atoms with Crippen LogP contribution in [0, 0.1) is 0 Å². The van der Waals surface area contributed by atoms with Crippen LogP contribution in [-0.2, 0) is 0 Å². The molecule has 0 fully saturated rings. The van der Waals surface area contributed by atoms with Gasteiger partial charge in [-0.05, 0) is 51.6 Å². The normalized spacial score (nSPS) is 10.6. The van der Waals surface area contributed by atoms with Crippen molar-refractivity contribution in [1.29, 1.82) is 0 Å². The lowest BCUT2D eigenvalue weighted by atomic mass is 10.2. The molecule has 0 radical (unpaired) electrons. The van der Waals surface area contributed by atoms with E-state index in [4.69, 9.17) is 4.74 Å². The maximum atomic E-state index is 11.3. The summed E-state index contributed by atoms with van der Waals surface area (Å²) in [7, 11) is 1.62. The van der Waals surface area contributed by atoms with E-state index >= 15 is 0 Å². The van der Waals surface area contributed by atoms with Gasteiger partial charge in [-0.15, -0.1) is 11.3 Å². The van der Waals surface area contributed by atoms with E-state index in [2.05, 4.69) is 21.0 Å². The van der Waals surface area contributed by atoms with Crippen LogP contribution in [0.3, 0.4) is 0 Å². The van der Waals surface area contributed by atoms with Crippen molar-refractivity contribution in [2.45, 2.75) is 0 Å². The lowest BCUT2D eigenvalue weighted by Crippen LogP contribution is -1.94. The summed E-state index contributed by atoms with van der Waals surface area (Å²) in [5.74, 6) is 0.780. The van der Waals surface area contributed by atoms with Gasteiger partial charge in [0.05, 0.1) is 23.2 Å². The second-order valence-electron chi connectivity index (χ2n) is 4.29. The summed E-state index contributed by atoms with van der Waals surface area (Å²) >= 11 is 5.02. The lowest BCUT2D eigenvalue weighted by molar-refractivity contribution is 0.112. The van der Waals surface area contributed by atoms with Gasteiger partial charge in [0.25, 0.3) is 0 Å². The standard InChI is InChI=1S/C15H11BrN2O2S/c1-20-12-4-2-11(3-5-12)18-8-10(9-19)14(17-18)15-13(16)6-7-21-15/h2-9H,1H3. The van der Waals surface area contributed by atoms with Crippen LogP contribution in [0.15, 0.2) is 46.4 Å². The summed E-state index contributed by atoms with van der Waals surface area (Å²) in [6.45, 7) is 0. The second-order valence-corrected chi connectivity index (χ2v) is 6.06. The van der Waals surface area contributed by atoms with Crippen molar-refractivity contribution in [3.63, 3.8) is 0 Å². The van der Waals surface area contributed by atoms with Gasteiger partial charge in [-0.3, -0.25) is 4.79 Å². The lowest BCUT2D eigenvalue weighted by Gasteiger charge is -2.03. The quantitative estimate of drug-likeness (QED) is 0.653. The first-order valence-electron chi connectivity index (χ1n) is 6.15. The molecule has 2 heterocycles. The number of rotatable bonds is 4. The molecule has 106 valence electrons. The molecular weight excluding hydrogens is 352 g/mol. The molecule has 3 aromatic rings. The fourth-order valence-electron chi connectivity index (χ4n) is 1.98. The number of hydrogen-bond acceptors (Lipinski definition) is 4. The predicted octanol–water partition coefficient (Wildman–Crippen LogP) is 4.18. The van der Waals surface area contributed by atoms with E-state index in [0.717, 1.165) is 27.1 Å². The van der Waals surface area contributed by atoms with E-state index in [9.17, 15) is 4.79 Å². The second kappa shape index (κ2) is 5.83. The number of ether oxygens (including phenoxy) is 1. The van der Waals surface area contributed by atoms with Gasteiger partial charge >= 0.3 is 0 Å². The van der Waals surface area contributed by atoms with Crippen LogP contribution in [0.5, 0.6) is 5.75 Å². The highest BCUT2D eigenvalue weighted by atomic mass is 79.9. The fourth-order valence-corrected chi connectivity index (χ4v) is 3.55. The Bertz CT molecular complexity index is 777. The highest BCUT2D eigenvalue weighted by molar-refractivity contribution is 9.10. The predicted molar refractivity (Wildman–Crippen MR) is 86.5 cm³/mol. The maximum Gasteiger partial charge on any atom is 0.153 e. The minimum Gasteiger partial charge on any atom is -0.497 e. The SMILES string of the molecule is COc1ccc(-n2cc(C=O)c(-c3sccc3Br)n2)cc1. The zero-order valence-corrected chi connectivity index (χ0v) is 13.5. The van der Waals surface area contributed by atoms with Crippen LogP contribution in [0.2, 0.25) is 0 Å². The van der Waals surface area contributed by atoms with Crippen molar-refractivity contribution < 1.29 is 9.53 Å². The highest BCUT2D eigenvalue weighted by Gasteiger charge is 2.15. The number of halogens is 1. The first kappa shape index (κ1) is 14.0. The highest BCUT2D eigenvalue weighted by Crippen LogP contribution is 2.34. The first-order valence-corrected chi connectivity index (χ1v) is 7.83. The summed E-state index contributed by atoms with van der Waals surface area (Å²) in [6.07, 6.45) is 2.56. The summed E-state index contributed by atoms with van der Waals surface area (Å²) in [5.41, 5.74) is 2.12. The molecule has 4 nitrogen and oxygen atoms in total. The Morgan fingerprint density at radius 1 is 1.29 bits per heavy atom. The molecule has 1 aromatic carbocycles. The molecule has 3 rings (SSSR count). The van der Waals surface area contributed by atoms with Crippen LogP contribution in [0.1, 0.15) is 10.4 Å². The average molecular weight is 363 g/mol. The summed E-state index contributed by atoms with van der Waals surface area (Å²) in [4.78, 5) is 12.2. The maximum absolute atomic E-state index is 11.3. The molecule has 0 amide bonds. The molecule has 0 N–H and O–H groups in total. The van der Waals surface area contributed by atoms with Crippen molar-refractivity contribution in [2.24, 2.45) is 0 Å². The minimum atomic E-state index is 0.564. The van der Waals surface area contributed by atoms with E-state index in [1.54, 1.807) is 29.3 Å². The number of thiophene rings is 1. The molecule has 0 saturated heterocycles. The third-order valence-corrected chi connectivity index (χ3v) is 4.88. The van der Waals surface area contributed by atoms with Gasteiger partial charge in [0.2, 0.25) is 0 Å². The minimum absolute atomic E-state index is 0.564. The van der Waals surface area contributed by atoms with Crippen LogP contribution in [-0.4, -0.2) is 23.2 Å². The van der Waals surface area contributed by atoms with E-state index < -0.39 is 0 Å². The van der Waals surface area contributed by atoms with Gasteiger partial charge in [-0.1, -0.05) is 0 Å². The Morgan fingerprint density at radius 3 is 2.62 bits per heavy atom. The third kappa shape index (κ3) is 2.64. The van der Waals surface area contributed by atoms with Crippen LogP contribution in [0.25, 0.3) is 16.3 Å². The molecule has 0 aliphatic rings. The Balaban J connectivity index is 2.06. The first-order chi connectivity index (χ1) is 10.2. The Kier molecular flexibility index (Phi) is 3.90. The molecule has 2 aromatic heterocycles. The monoisotopic (exact) mass is 362 g/mol. The van der Waals surface area contributed by atoms with Crippen molar-refractivity contribution in [2.75, 3.05) is 7.11 Å². The number of methoxy groups -OCH3 is 1. The number of carbonyl (C=O) groups is 1. The van der Waals surface area contributed by atoms with Crippen molar-refractivity contribution in [1.82, 2.24) is 9.78 Å². The van der Waals surface area contributed by atoms with Crippen LogP contribution >= 0.6 is 27.3 Å². The van der Waals surface area contributed by atoms with Gasteiger partial charge in [0, 0.05) is 10.7 Å². The van der Waals surface area contributed by atoms with Gasteiger partial charge in [-0.2, -0.15) is 5.10 Å². The number of carbonyl (C=O) groups excluding carboxylic acids is 1. The van der Waals surface area contributed by atoms with E-state index in [1.807, 2.05) is 35.7 Å². The van der Waals surface area contributed by atoms with Gasteiger partial charge in [-0.25, -0.2) is 4.68 Å². The summed E-state index contributed by atoms with van der Waals surface area (Å²) < 4.78 is 7.78. The van der Waals surface area contributed by atoms with E-state index in [1.165, 1.54) is 0 Å². The third-order valence-electron chi connectivity index (χ3n) is 3.04. The molecule has 0 aliphatic carbocycles. The summed E-state index contributed by atoms with van der Waals surface area (Å²) in [5, 5.41) is 6.49. The Morgan fingerprint density at radius 2 is 2.05 bits per heavy atom. The number of benzene rings is 1. The molecular formula is C15H11BrN2O2S. The molecule has 0 unspecified atom stereocenters. The molecule has 0 aliphatic heterocycles. The van der Waals surface area contributed by atoms with Crippen molar-refractivity contribution in [3.8, 4) is 22.0 Å². The smallest absolute Gasteiger partial charge is 0.153 e. The molecule has 0 saturated carbocycles. The number of aldehydes is 1. The molecule has 21 heavy (non-hydrogen) atoms. The fraction of sp³-hybridized carbons (Fsp3) is 0.0667. The summed E-state index contributed by atoms with van der Waals surface area (Å²) in [6, 6.07) is 9.46. The number of aromatic nitrogens is 2. The molecule has 0 bridgehead atoms. The van der Waals surface area contributed by atoms with E-state index in [-0.39, 0.29) is 0 Å². The largest absolute Gasteiger partial charge is 0.497 e. The average Bonchev–Trinajstić information content (AvgIpc) is 3.13. The number of nitrogens with zero attached hydrogens (tertiary/aromatic N) is 2. The molecule has 6 heteroatoms. The van der Waals surface area contributed by atoms with E-state index in [0.29, 0.717) is 11.3 Å². The van der Waals surface area contributed by atoms with Crippen molar-refractivity contribution in [3.05, 3.63) is 51.9 Å². The molecule has 0 spiro atoms. The topological polar surface area (TPSA) is 44.1 Å². The van der Waals surface area contributed by atoms with Gasteiger partial charge < -0.3 is 4.74 Å². The zero-order chi connectivity index (χ0) is 14.8. The van der Waals surface area contributed by atoms with Gasteiger partial charge in [0.15, 0.2) is 6.29 Å². The Hall–Kier alpha value is -1.92. The van der Waals surface area contributed by atoms with Crippen LogP contribution < -0.4 is 4.74 Å². The van der Waals surface area contributed by atoms with Gasteiger partial charge in [0.1, 0.15) is 11.4 Å².